The van der Waals surface area contributed by atoms with Crippen molar-refractivity contribution in [3.63, 3.8) is 0 Å². The summed E-state index contributed by atoms with van der Waals surface area (Å²) in [7, 11) is 1.81. The van der Waals surface area contributed by atoms with Crippen molar-refractivity contribution in [1.29, 1.82) is 0 Å². The lowest BCUT2D eigenvalue weighted by Crippen LogP contribution is -2.19. The van der Waals surface area contributed by atoms with Crippen molar-refractivity contribution in [1.82, 2.24) is 24.3 Å². The quantitative estimate of drug-likeness (QED) is 0.330. The third kappa shape index (κ3) is 5.22. The molecule has 0 atom stereocenters. The molecular formula is C26H22FN7O2. The van der Waals surface area contributed by atoms with Crippen LogP contribution in [0.1, 0.15) is 5.69 Å². The number of nitrogens with one attached hydrogen (secondary N) is 2. The van der Waals surface area contributed by atoms with Gasteiger partial charge in [0.15, 0.2) is 11.6 Å². The van der Waals surface area contributed by atoms with Gasteiger partial charge in [-0.1, -0.05) is 6.07 Å². The summed E-state index contributed by atoms with van der Waals surface area (Å²) >= 11 is 0. The Balaban J connectivity index is 1.24. The highest BCUT2D eigenvalue weighted by atomic mass is 19.1. The SMILES string of the molecule is Cc1cn(-c2cccc(NC(=O)Nc3ccc(Oc4ccnc(-c5cnn(C)c5)c4)c(F)c3)c2)cn1. The molecule has 0 bridgehead atoms. The molecule has 5 aromatic rings. The van der Waals surface area contributed by atoms with Gasteiger partial charge in [-0.15, -0.1) is 0 Å². The van der Waals surface area contributed by atoms with Crippen molar-refractivity contribution < 1.29 is 13.9 Å². The summed E-state index contributed by atoms with van der Waals surface area (Å²) in [6, 6.07) is 14.4. The molecular weight excluding hydrogens is 461 g/mol. The summed E-state index contributed by atoms with van der Waals surface area (Å²) in [4.78, 5) is 21.0. The number of urea groups is 1. The van der Waals surface area contributed by atoms with Crippen LogP contribution in [0, 0.1) is 12.7 Å². The Morgan fingerprint density at radius 1 is 1.00 bits per heavy atom. The number of ether oxygens (including phenoxy) is 1. The second-order valence-electron chi connectivity index (χ2n) is 8.08. The van der Waals surface area contributed by atoms with Crippen LogP contribution in [0.3, 0.4) is 0 Å². The summed E-state index contributed by atoms with van der Waals surface area (Å²) in [5.41, 5.74) is 4.08. The van der Waals surface area contributed by atoms with E-state index in [9.17, 15) is 9.18 Å². The molecule has 2 aromatic carbocycles. The molecule has 0 radical (unpaired) electrons. The maximum Gasteiger partial charge on any atom is 0.323 e. The number of aromatic nitrogens is 5. The van der Waals surface area contributed by atoms with Gasteiger partial charge in [-0.3, -0.25) is 9.67 Å². The summed E-state index contributed by atoms with van der Waals surface area (Å²) in [6.07, 6.45) is 8.68. The van der Waals surface area contributed by atoms with Crippen LogP contribution in [0.15, 0.2) is 85.7 Å². The molecule has 0 fully saturated rings. The molecule has 5 rings (SSSR count). The first-order valence-corrected chi connectivity index (χ1v) is 11.0. The van der Waals surface area contributed by atoms with Gasteiger partial charge in [0.05, 0.1) is 23.9 Å². The third-order valence-corrected chi connectivity index (χ3v) is 5.26. The van der Waals surface area contributed by atoms with Crippen molar-refractivity contribution in [2.24, 2.45) is 7.05 Å². The molecule has 2 N–H and O–H groups in total. The second kappa shape index (κ2) is 9.71. The highest BCUT2D eigenvalue weighted by Gasteiger charge is 2.11. The van der Waals surface area contributed by atoms with Crippen LogP contribution >= 0.6 is 0 Å². The van der Waals surface area contributed by atoms with Crippen LogP contribution in [0.4, 0.5) is 20.6 Å². The number of amides is 2. The van der Waals surface area contributed by atoms with Gasteiger partial charge in [0.2, 0.25) is 0 Å². The van der Waals surface area contributed by atoms with E-state index in [1.807, 2.05) is 49.1 Å². The van der Waals surface area contributed by atoms with Gasteiger partial charge in [0, 0.05) is 60.4 Å². The Morgan fingerprint density at radius 3 is 2.56 bits per heavy atom. The van der Waals surface area contributed by atoms with Crippen molar-refractivity contribution >= 4 is 17.4 Å². The minimum absolute atomic E-state index is 0.0209. The summed E-state index contributed by atoms with van der Waals surface area (Å²) in [5, 5.41) is 9.52. The zero-order chi connectivity index (χ0) is 25.1. The topological polar surface area (TPSA) is 98.9 Å². The zero-order valence-corrected chi connectivity index (χ0v) is 19.5. The Labute approximate surface area is 206 Å². The van der Waals surface area contributed by atoms with Gasteiger partial charge >= 0.3 is 6.03 Å². The lowest BCUT2D eigenvalue weighted by molar-refractivity contribution is 0.262. The van der Waals surface area contributed by atoms with Gasteiger partial charge in [0.1, 0.15) is 5.75 Å². The molecule has 0 saturated heterocycles. The maximum atomic E-state index is 14.7. The molecule has 0 saturated carbocycles. The van der Waals surface area contributed by atoms with Crippen molar-refractivity contribution in [2.45, 2.75) is 6.92 Å². The van der Waals surface area contributed by atoms with E-state index in [-0.39, 0.29) is 11.4 Å². The second-order valence-corrected chi connectivity index (χ2v) is 8.08. The van der Waals surface area contributed by atoms with Gasteiger partial charge in [-0.25, -0.2) is 14.2 Å². The lowest BCUT2D eigenvalue weighted by atomic mass is 10.2. The number of halogens is 1. The predicted octanol–water partition coefficient (Wildman–Crippen LogP) is 5.55. The number of imidazole rings is 1. The molecule has 180 valence electrons. The Morgan fingerprint density at radius 2 is 1.83 bits per heavy atom. The zero-order valence-electron chi connectivity index (χ0n) is 19.5. The number of nitrogens with zero attached hydrogens (tertiary/aromatic N) is 5. The summed E-state index contributed by atoms with van der Waals surface area (Å²) < 4.78 is 24.0. The van der Waals surface area contributed by atoms with Crippen molar-refractivity contribution in [2.75, 3.05) is 10.6 Å². The van der Waals surface area contributed by atoms with E-state index in [2.05, 4.69) is 25.7 Å². The number of carbonyl (C=O) groups excluding carboxylic acids is 1. The predicted molar refractivity (Wildman–Crippen MR) is 134 cm³/mol. The smallest absolute Gasteiger partial charge is 0.323 e. The fourth-order valence-electron chi connectivity index (χ4n) is 3.57. The molecule has 0 unspecified atom stereocenters. The fraction of sp³-hybridized carbons (Fsp3) is 0.0769. The van der Waals surface area contributed by atoms with E-state index in [0.717, 1.165) is 16.9 Å². The molecule has 2 amide bonds. The van der Waals surface area contributed by atoms with Gasteiger partial charge in [-0.2, -0.15) is 5.10 Å². The van der Waals surface area contributed by atoms with Crippen molar-refractivity contribution in [3.05, 3.63) is 97.2 Å². The van der Waals surface area contributed by atoms with Crippen LogP contribution in [0.2, 0.25) is 0 Å². The molecule has 10 heteroatoms. The number of hydrogen-bond acceptors (Lipinski definition) is 5. The average molecular weight is 484 g/mol. The summed E-state index contributed by atoms with van der Waals surface area (Å²) in [6.45, 7) is 1.90. The maximum absolute atomic E-state index is 14.7. The molecule has 3 heterocycles. The number of hydrogen-bond donors (Lipinski definition) is 2. The molecule has 0 spiro atoms. The lowest BCUT2D eigenvalue weighted by Gasteiger charge is -2.11. The average Bonchev–Trinajstić information content (AvgIpc) is 3.49. The third-order valence-electron chi connectivity index (χ3n) is 5.26. The van der Waals surface area contributed by atoms with Crippen molar-refractivity contribution in [3.8, 4) is 28.4 Å². The van der Waals surface area contributed by atoms with Gasteiger partial charge in [0.25, 0.3) is 0 Å². The highest BCUT2D eigenvalue weighted by Crippen LogP contribution is 2.29. The monoisotopic (exact) mass is 483 g/mol. The van der Waals surface area contributed by atoms with Gasteiger partial charge in [-0.05, 0) is 43.3 Å². The fourth-order valence-corrected chi connectivity index (χ4v) is 3.57. The van der Waals surface area contributed by atoms with E-state index >= 15 is 0 Å². The highest BCUT2D eigenvalue weighted by molar-refractivity contribution is 5.99. The Kier molecular flexibility index (Phi) is 6.14. The van der Waals surface area contributed by atoms with E-state index in [4.69, 9.17) is 4.74 Å². The Hall–Kier alpha value is -4.99. The van der Waals surface area contributed by atoms with Crippen LogP contribution in [0.5, 0.6) is 11.5 Å². The van der Waals surface area contributed by atoms with E-state index in [1.165, 1.54) is 12.1 Å². The molecule has 0 aliphatic heterocycles. The molecule has 36 heavy (non-hydrogen) atoms. The number of anilines is 2. The minimum atomic E-state index is -0.620. The standard InChI is InChI=1S/C26H22FN7O2/c1-17-14-34(16-29-17)21-5-3-4-19(10-21)31-26(35)32-20-6-7-25(23(27)11-20)36-22-8-9-28-24(12-22)18-13-30-33(2)15-18/h3-16H,1-2H3,(H2,31,32,35). The number of carbonyl (C=O) groups is 1. The van der Waals surface area contributed by atoms with Crippen LogP contribution < -0.4 is 15.4 Å². The minimum Gasteiger partial charge on any atom is -0.454 e. The molecule has 3 aromatic heterocycles. The normalized spacial score (nSPS) is 10.8. The first kappa shape index (κ1) is 22.8. The van der Waals surface area contributed by atoms with E-state index in [0.29, 0.717) is 17.1 Å². The molecule has 0 aliphatic carbocycles. The molecule has 0 aliphatic rings. The summed E-state index contributed by atoms with van der Waals surface area (Å²) in [5.74, 6) is -0.174. The largest absolute Gasteiger partial charge is 0.454 e. The number of pyridine rings is 1. The first-order valence-electron chi connectivity index (χ1n) is 11.0. The van der Waals surface area contributed by atoms with E-state index < -0.39 is 11.8 Å². The van der Waals surface area contributed by atoms with Gasteiger partial charge < -0.3 is 19.9 Å². The Bertz CT molecular complexity index is 1540. The van der Waals surface area contributed by atoms with Crippen LogP contribution in [0.25, 0.3) is 16.9 Å². The number of benzene rings is 2. The first-order chi connectivity index (χ1) is 17.4. The number of rotatable bonds is 6. The molecule has 9 nitrogen and oxygen atoms in total. The van der Waals surface area contributed by atoms with Crippen LogP contribution in [-0.4, -0.2) is 30.3 Å². The van der Waals surface area contributed by atoms with E-state index in [1.54, 1.807) is 47.7 Å². The van der Waals surface area contributed by atoms with Crippen LogP contribution in [-0.2, 0) is 7.05 Å². The number of aryl methyl sites for hydroxylation is 2.